The minimum Gasteiger partial charge on any atom is -0.356 e. The zero-order valence-electron chi connectivity index (χ0n) is 19.0. The number of fused-ring (bicyclic) bond motifs is 3. The van der Waals surface area contributed by atoms with Crippen molar-refractivity contribution in [3.05, 3.63) is 71.8 Å². The van der Waals surface area contributed by atoms with Gasteiger partial charge in [-0.15, -0.1) is 0 Å². The Bertz CT molecular complexity index is 1400. The number of pyridine rings is 1. The Labute approximate surface area is 204 Å². The average Bonchev–Trinajstić information content (AvgIpc) is 3.25. The Hall–Kier alpha value is -3.14. The van der Waals surface area contributed by atoms with E-state index in [4.69, 9.17) is 4.98 Å². The molecule has 2 aliphatic rings. The van der Waals surface area contributed by atoms with Crippen LogP contribution >= 0.6 is 11.8 Å². The predicted molar refractivity (Wildman–Crippen MR) is 129 cm³/mol. The van der Waals surface area contributed by atoms with Crippen molar-refractivity contribution in [2.75, 3.05) is 29.5 Å². The lowest BCUT2D eigenvalue weighted by Crippen LogP contribution is -2.51. The third-order valence-corrected chi connectivity index (χ3v) is 8.38. The van der Waals surface area contributed by atoms with Crippen LogP contribution in [-0.4, -0.2) is 49.2 Å². The molecule has 2 saturated heterocycles. The first-order valence-corrected chi connectivity index (χ1v) is 12.7. The van der Waals surface area contributed by atoms with Crippen LogP contribution in [0, 0.1) is 42.1 Å². The van der Waals surface area contributed by atoms with Gasteiger partial charge in [-0.05, 0) is 60.4 Å². The monoisotopic (exact) mass is 496 g/mol. The molecule has 4 aromatic rings. The maximum absolute atomic E-state index is 14.5. The summed E-state index contributed by atoms with van der Waals surface area (Å²) < 4.78 is 43.5. The first kappa shape index (κ1) is 22.3. The van der Waals surface area contributed by atoms with Crippen LogP contribution in [-0.2, 0) is 6.42 Å². The van der Waals surface area contributed by atoms with Crippen molar-refractivity contribution in [2.45, 2.75) is 13.3 Å². The van der Waals surface area contributed by atoms with Gasteiger partial charge >= 0.3 is 0 Å². The highest BCUT2D eigenvalue weighted by Crippen LogP contribution is 2.41. The largest absolute Gasteiger partial charge is 0.356 e. The number of halogens is 3. The Kier molecular flexibility index (Phi) is 5.63. The van der Waals surface area contributed by atoms with Crippen LogP contribution in [0.2, 0.25) is 0 Å². The lowest BCUT2D eigenvalue weighted by atomic mass is 9.76. The van der Waals surface area contributed by atoms with Crippen molar-refractivity contribution in [1.29, 1.82) is 0 Å². The molecular formula is C25H23F3N6S. The van der Waals surface area contributed by atoms with Crippen LogP contribution in [0.4, 0.5) is 19.0 Å². The fourth-order valence-electron chi connectivity index (χ4n) is 5.35. The van der Waals surface area contributed by atoms with E-state index < -0.39 is 17.5 Å². The fourth-order valence-corrected chi connectivity index (χ4v) is 6.79. The molecule has 0 saturated carbocycles. The summed E-state index contributed by atoms with van der Waals surface area (Å²) in [6.45, 7) is 3.82. The topological polar surface area (TPSA) is 59.2 Å². The van der Waals surface area contributed by atoms with E-state index >= 15 is 0 Å². The molecule has 3 atom stereocenters. The first-order chi connectivity index (χ1) is 17.0. The third kappa shape index (κ3) is 4.03. The molecule has 2 bridgehead atoms. The van der Waals surface area contributed by atoms with Crippen molar-refractivity contribution in [3.63, 3.8) is 0 Å². The number of rotatable bonds is 4. The summed E-state index contributed by atoms with van der Waals surface area (Å²) in [7, 11) is 0. The summed E-state index contributed by atoms with van der Waals surface area (Å²) in [4.78, 5) is 15.8. The predicted octanol–water partition coefficient (Wildman–Crippen LogP) is 4.57. The molecule has 35 heavy (non-hydrogen) atoms. The molecular weight excluding hydrogens is 473 g/mol. The van der Waals surface area contributed by atoms with E-state index in [0.717, 1.165) is 42.2 Å². The molecule has 5 heterocycles. The van der Waals surface area contributed by atoms with Crippen LogP contribution in [0.1, 0.15) is 11.5 Å². The van der Waals surface area contributed by atoms with Gasteiger partial charge in [0, 0.05) is 48.6 Å². The van der Waals surface area contributed by atoms with Gasteiger partial charge in [0.2, 0.25) is 0 Å². The molecule has 0 N–H and O–H groups in total. The zero-order chi connectivity index (χ0) is 24.1. The molecule has 1 unspecified atom stereocenters. The second kappa shape index (κ2) is 8.82. The number of nitrogens with zero attached hydrogens (tertiary/aromatic N) is 6. The Balaban J connectivity index is 1.29. The number of piperidine rings is 1. The van der Waals surface area contributed by atoms with Gasteiger partial charge in [0.15, 0.2) is 28.9 Å². The van der Waals surface area contributed by atoms with Crippen molar-refractivity contribution in [2.24, 2.45) is 17.8 Å². The summed E-state index contributed by atoms with van der Waals surface area (Å²) in [5, 5.41) is 4.65. The lowest BCUT2D eigenvalue weighted by Gasteiger charge is -2.47. The molecule has 0 radical (unpaired) electrons. The number of benzene rings is 1. The van der Waals surface area contributed by atoms with Crippen LogP contribution in [0.5, 0.6) is 0 Å². The Morgan fingerprint density at radius 3 is 2.57 bits per heavy atom. The molecule has 1 aromatic carbocycles. The number of aromatic nitrogens is 5. The number of thioether (sulfide) groups is 1. The number of hydrogen-bond acceptors (Lipinski definition) is 6. The smallest absolute Gasteiger partial charge is 0.195 e. The minimum absolute atomic E-state index is 0.0322. The highest BCUT2D eigenvalue weighted by Gasteiger charge is 2.41. The van der Waals surface area contributed by atoms with E-state index in [2.05, 4.69) is 20.0 Å². The van der Waals surface area contributed by atoms with Crippen LogP contribution in [0.3, 0.4) is 0 Å². The maximum atomic E-state index is 14.5. The molecule has 180 valence electrons. The summed E-state index contributed by atoms with van der Waals surface area (Å²) in [6, 6.07) is 7.56. The van der Waals surface area contributed by atoms with Gasteiger partial charge in [0.25, 0.3) is 0 Å². The Morgan fingerprint density at radius 2 is 1.80 bits per heavy atom. The van der Waals surface area contributed by atoms with Gasteiger partial charge in [0.1, 0.15) is 12.1 Å². The van der Waals surface area contributed by atoms with E-state index in [0.29, 0.717) is 41.2 Å². The molecule has 2 aliphatic heterocycles. The SMILES string of the molecule is Cc1cc(N2C[C@H]3CSC[C@@H](C2)C3Cc2nc3c(-c4ccc(F)c(F)c4F)cccn3n2)ncn1. The van der Waals surface area contributed by atoms with E-state index in [1.807, 2.05) is 24.8 Å². The summed E-state index contributed by atoms with van der Waals surface area (Å²) in [6.07, 6.45) is 4.08. The number of hydrogen-bond donors (Lipinski definition) is 0. The molecule has 10 heteroatoms. The van der Waals surface area contributed by atoms with Crippen LogP contribution < -0.4 is 4.90 Å². The van der Waals surface area contributed by atoms with Gasteiger partial charge in [0.05, 0.1) is 0 Å². The second-order valence-electron chi connectivity index (χ2n) is 9.29. The van der Waals surface area contributed by atoms with Crippen LogP contribution in [0.25, 0.3) is 16.8 Å². The van der Waals surface area contributed by atoms with Crippen molar-refractivity contribution in [3.8, 4) is 11.1 Å². The summed E-state index contributed by atoms with van der Waals surface area (Å²) in [5.41, 5.74) is 1.74. The highest BCUT2D eigenvalue weighted by molar-refractivity contribution is 7.99. The van der Waals surface area contributed by atoms with E-state index in [1.165, 1.54) is 6.07 Å². The summed E-state index contributed by atoms with van der Waals surface area (Å²) >= 11 is 2.00. The first-order valence-electron chi connectivity index (χ1n) is 11.6. The van der Waals surface area contributed by atoms with Crippen LogP contribution in [0.15, 0.2) is 42.9 Å². The molecule has 2 fully saturated rings. The van der Waals surface area contributed by atoms with Crippen molar-refractivity contribution < 1.29 is 13.2 Å². The average molecular weight is 497 g/mol. The fraction of sp³-hybridized carbons (Fsp3) is 0.360. The standard InChI is InChI=1S/C25H23F3N6S/c1-14-7-22(30-13-29-14)33-9-15-11-35-12-16(10-33)19(15)8-21-31-25-18(3-2-6-34(25)32-21)17-4-5-20(26)24(28)23(17)27/h2-7,13,15-16,19H,8-12H2,1H3/t15-,16+,19?. The van der Waals surface area contributed by atoms with Crippen molar-refractivity contribution in [1.82, 2.24) is 24.6 Å². The highest BCUT2D eigenvalue weighted by atomic mass is 32.2. The number of aryl methyl sites for hydroxylation is 1. The maximum Gasteiger partial charge on any atom is 0.195 e. The summed E-state index contributed by atoms with van der Waals surface area (Å²) in [5.74, 6) is 1.24. The van der Waals surface area contributed by atoms with E-state index in [1.54, 1.807) is 29.2 Å². The molecule has 6 nitrogen and oxygen atoms in total. The molecule has 0 aliphatic carbocycles. The van der Waals surface area contributed by atoms with E-state index in [9.17, 15) is 13.2 Å². The van der Waals surface area contributed by atoms with Gasteiger partial charge in [-0.2, -0.15) is 16.9 Å². The quantitative estimate of drug-likeness (QED) is 0.386. The van der Waals surface area contributed by atoms with Crippen molar-refractivity contribution >= 4 is 23.2 Å². The number of anilines is 1. The van der Waals surface area contributed by atoms with Gasteiger partial charge in [-0.25, -0.2) is 32.6 Å². The third-order valence-electron chi connectivity index (χ3n) is 7.05. The lowest BCUT2D eigenvalue weighted by molar-refractivity contribution is 0.213. The van der Waals surface area contributed by atoms with Gasteiger partial charge in [-0.1, -0.05) is 0 Å². The second-order valence-corrected chi connectivity index (χ2v) is 10.4. The minimum atomic E-state index is -1.49. The van der Waals surface area contributed by atoms with Gasteiger partial charge < -0.3 is 4.90 Å². The van der Waals surface area contributed by atoms with Gasteiger partial charge in [-0.3, -0.25) is 0 Å². The molecule has 6 rings (SSSR count). The molecule has 0 spiro atoms. The van der Waals surface area contributed by atoms with E-state index in [-0.39, 0.29) is 5.56 Å². The molecule has 3 aromatic heterocycles. The Morgan fingerprint density at radius 1 is 1.00 bits per heavy atom. The molecule has 0 amide bonds. The normalized spacial score (nSPS) is 22.1. The zero-order valence-corrected chi connectivity index (χ0v) is 19.9.